The van der Waals surface area contributed by atoms with Crippen LogP contribution in [0.4, 0.5) is 13.2 Å². The van der Waals surface area contributed by atoms with E-state index in [1.54, 1.807) is 12.3 Å². The van der Waals surface area contributed by atoms with Crippen LogP contribution >= 0.6 is 0 Å². The molecule has 27 heavy (non-hydrogen) atoms. The number of benzene rings is 1. The summed E-state index contributed by atoms with van der Waals surface area (Å²) in [6.45, 7) is 0.717. The summed E-state index contributed by atoms with van der Waals surface area (Å²) in [5.41, 5.74) is 1.14. The smallest absolute Gasteiger partial charge is 0.354 e. The maximum Gasteiger partial charge on any atom is 0.416 e. The van der Waals surface area contributed by atoms with E-state index in [9.17, 15) is 18.0 Å². The van der Waals surface area contributed by atoms with Crippen molar-refractivity contribution in [3.05, 3.63) is 53.9 Å². The fraction of sp³-hybridized carbons (Fsp3) is 0.400. The predicted molar refractivity (Wildman–Crippen MR) is 94.8 cm³/mol. The first kappa shape index (κ1) is 18.0. The van der Waals surface area contributed by atoms with E-state index in [1.165, 1.54) is 12.1 Å². The number of carbonyl (C=O) groups is 1. The van der Waals surface area contributed by atoms with Crippen molar-refractivity contribution in [3.8, 4) is 11.1 Å². The summed E-state index contributed by atoms with van der Waals surface area (Å²) in [5.74, 6) is 0.0511. The Morgan fingerprint density at radius 1 is 1.07 bits per heavy atom. The molecule has 0 saturated carbocycles. The molecule has 2 aliphatic rings. The van der Waals surface area contributed by atoms with Crippen molar-refractivity contribution in [3.63, 3.8) is 0 Å². The fourth-order valence-corrected chi connectivity index (χ4v) is 4.01. The standard InChI is InChI=1S/C20H20F3N3O/c21-20(22,23)15-4-2-13(3-5-15)14-7-11-24-17(12-14)16-6-9-19(26-16)8-1-10-25-18(19)27/h2-5,7,11-12,16,26H,1,6,8-10H2,(H,25,27)/t16-,19-/m1/s1. The van der Waals surface area contributed by atoms with E-state index in [0.717, 1.165) is 49.1 Å². The average molecular weight is 375 g/mol. The van der Waals surface area contributed by atoms with E-state index < -0.39 is 17.3 Å². The first-order valence-electron chi connectivity index (χ1n) is 9.07. The number of nitrogens with zero attached hydrogens (tertiary/aromatic N) is 1. The Balaban J connectivity index is 1.56. The van der Waals surface area contributed by atoms with Gasteiger partial charge in [0.25, 0.3) is 0 Å². The van der Waals surface area contributed by atoms with Crippen molar-refractivity contribution in [2.75, 3.05) is 6.54 Å². The van der Waals surface area contributed by atoms with Crippen LogP contribution in [0.15, 0.2) is 42.6 Å². The minimum Gasteiger partial charge on any atom is -0.354 e. The van der Waals surface area contributed by atoms with Crippen molar-refractivity contribution < 1.29 is 18.0 Å². The molecule has 1 aromatic carbocycles. The van der Waals surface area contributed by atoms with E-state index in [0.29, 0.717) is 12.1 Å². The summed E-state index contributed by atoms with van der Waals surface area (Å²) in [5, 5.41) is 6.38. The van der Waals surface area contributed by atoms with E-state index >= 15 is 0 Å². The molecule has 4 rings (SSSR count). The minimum absolute atomic E-state index is 0.0387. The first-order valence-corrected chi connectivity index (χ1v) is 9.07. The van der Waals surface area contributed by atoms with Gasteiger partial charge in [-0.05, 0) is 61.1 Å². The number of alkyl halides is 3. The third-order valence-electron chi connectivity index (χ3n) is 5.49. The Morgan fingerprint density at radius 2 is 1.85 bits per heavy atom. The van der Waals surface area contributed by atoms with Crippen molar-refractivity contribution in [1.82, 2.24) is 15.6 Å². The molecule has 0 aliphatic carbocycles. The van der Waals surface area contributed by atoms with Crippen molar-refractivity contribution in [2.24, 2.45) is 0 Å². The minimum atomic E-state index is -4.34. The van der Waals surface area contributed by atoms with Gasteiger partial charge in [-0.1, -0.05) is 12.1 Å². The molecule has 2 aliphatic heterocycles. The van der Waals surface area contributed by atoms with Crippen LogP contribution in [-0.4, -0.2) is 23.0 Å². The maximum absolute atomic E-state index is 12.7. The highest BCUT2D eigenvalue weighted by Gasteiger charge is 2.46. The monoisotopic (exact) mass is 375 g/mol. The molecule has 7 heteroatoms. The van der Waals surface area contributed by atoms with Crippen LogP contribution in [-0.2, 0) is 11.0 Å². The number of nitrogens with one attached hydrogen (secondary N) is 2. The van der Waals surface area contributed by atoms with Gasteiger partial charge in [0, 0.05) is 12.7 Å². The number of amides is 1. The Morgan fingerprint density at radius 3 is 2.56 bits per heavy atom. The summed E-state index contributed by atoms with van der Waals surface area (Å²) >= 11 is 0. The summed E-state index contributed by atoms with van der Waals surface area (Å²) in [4.78, 5) is 16.7. The van der Waals surface area contributed by atoms with Gasteiger partial charge in [0.05, 0.1) is 22.8 Å². The van der Waals surface area contributed by atoms with Crippen molar-refractivity contribution >= 4 is 5.91 Å². The number of piperidine rings is 1. The number of halogens is 3. The predicted octanol–water partition coefficient (Wildman–Crippen LogP) is 3.84. The van der Waals surface area contributed by atoms with Crippen molar-refractivity contribution in [2.45, 2.75) is 43.4 Å². The molecular formula is C20H20F3N3O. The number of rotatable bonds is 2. The highest BCUT2D eigenvalue weighted by molar-refractivity contribution is 5.87. The van der Waals surface area contributed by atoms with Gasteiger partial charge in [-0.3, -0.25) is 15.1 Å². The maximum atomic E-state index is 12.7. The van der Waals surface area contributed by atoms with Crippen LogP contribution in [0.1, 0.15) is 43.0 Å². The third kappa shape index (κ3) is 3.43. The summed E-state index contributed by atoms with van der Waals surface area (Å²) in [6.07, 6.45) is 0.644. The Kier molecular flexibility index (Phi) is 4.42. The van der Waals surface area contributed by atoms with Gasteiger partial charge in [0.15, 0.2) is 0 Å². The second-order valence-corrected chi connectivity index (χ2v) is 7.22. The van der Waals surface area contributed by atoms with E-state index in [2.05, 4.69) is 15.6 Å². The van der Waals surface area contributed by atoms with Gasteiger partial charge < -0.3 is 5.32 Å². The number of pyridine rings is 1. The second-order valence-electron chi connectivity index (χ2n) is 7.22. The lowest BCUT2D eigenvalue weighted by Gasteiger charge is -2.33. The van der Waals surface area contributed by atoms with Gasteiger partial charge in [-0.25, -0.2) is 0 Å². The lowest BCUT2D eigenvalue weighted by molar-refractivity contribution is -0.137. The number of carbonyl (C=O) groups excluding carboxylic acids is 1. The summed E-state index contributed by atoms with van der Waals surface area (Å²) in [7, 11) is 0. The molecule has 0 radical (unpaired) electrons. The fourth-order valence-electron chi connectivity index (χ4n) is 4.01. The highest BCUT2D eigenvalue weighted by Crippen LogP contribution is 2.37. The molecule has 3 heterocycles. The average Bonchev–Trinajstić information content (AvgIpc) is 3.09. The second kappa shape index (κ2) is 6.64. The van der Waals surface area contributed by atoms with Gasteiger partial charge >= 0.3 is 6.18 Å². The highest BCUT2D eigenvalue weighted by atomic mass is 19.4. The quantitative estimate of drug-likeness (QED) is 0.839. The third-order valence-corrected chi connectivity index (χ3v) is 5.49. The zero-order chi connectivity index (χ0) is 19.1. The number of hydrogen-bond donors (Lipinski definition) is 2. The van der Waals surface area contributed by atoms with Crippen molar-refractivity contribution in [1.29, 1.82) is 0 Å². The molecule has 2 fully saturated rings. The molecular weight excluding hydrogens is 355 g/mol. The molecule has 0 bridgehead atoms. The normalized spacial score (nSPS) is 25.6. The zero-order valence-corrected chi connectivity index (χ0v) is 14.6. The Hall–Kier alpha value is -2.41. The Bertz CT molecular complexity index is 850. The molecule has 142 valence electrons. The van der Waals surface area contributed by atoms with Crippen LogP contribution < -0.4 is 10.6 Å². The topological polar surface area (TPSA) is 54.0 Å². The molecule has 1 amide bonds. The number of hydrogen-bond acceptors (Lipinski definition) is 3. The molecule has 2 aromatic rings. The van der Waals surface area contributed by atoms with Crippen LogP contribution in [0, 0.1) is 0 Å². The lowest BCUT2D eigenvalue weighted by atomic mass is 9.88. The molecule has 2 saturated heterocycles. The van der Waals surface area contributed by atoms with Gasteiger partial charge in [0.1, 0.15) is 0 Å². The van der Waals surface area contributed by atoms with Gasteiger partial charge in [-0.2, -0.15) is 13.2 Å². The van der Waals surface area contributed by atoms with Gasteiger partial charge in [-0.15, -0.1) is 0 Å². The molecule has 0 unspecified atom stereocenters. The Labute approximate surface area is 155 Å². The van der Waals surface area contributed by atoms with E-state index in [-0.39, 0.29) is 11.9 Å². The molecule has 2 atom stereocenters. The van der Waals surface area contributed by atoms with Crippen LogP contribution in [0.2, 0.25) is 0 Å². The largest absolute Gasteiger partial charge is 0.416 e. The number of aromatic nitrogens is 1. The SMILES string of the molecule is O=C1NCCC[C@@]12CC[C@H](c1cc(-c3ccc(C(F)(F)F)cc3)ccn1)N2. The first-order chi connectivity index (χ1) is 12.9. The molecule has 2 N–H and O–H groups in total. The summed E-state index contributed by atoms with van der Waals surface area (Å²) in [6, 6.07) is 8.75. The zero-order valence-electron chi connectivity index (χ0n) is 14.6. The summed E-state index contributed by atoms with van der Waals surface area (Å²) < 4.78 is 38.2. The van der Waals surface area contributed by atoms with E-state index in [4.69, 9.17) is 0 Å². The van der Waals surface area contributed by atoms with Crippen LogP contribution in [0.3, 0.4) is 0 Å². The van der Waals surface area contributed by atoms with E-state index in [1.807, 2.05) is 6.07 Å². The molecule has 1 spiro atoms. The van der Waals surface area contributed by atoms with Gasteiger partial charge in [0.2, 0.25) is 5.91 Å². The van der Waals surface area contributed by atoms with Crippen LogP contribution in [0.5, 0.6) is 0 Å². The molecule has 4 nitrogen and oxygen atoms in total. The van der Waals surface area contributed by atoms with Crippen LogP contribution in [0.25, 0.3) is 11.1 Å². The molecule has 1 aromatic heterocycles. The lowest BCUT2D eigenvalue weighted by Crippen LogP contribution is -2.57.